The fourth-order valence-corrected chi connectivity index (χ4v) is 4.95. The maximum Gasteiger partial charge on any atom is 0.326 e. The van der Waals surface area contributed by atoms with Gasteiger partial charge in [0.05, 0.1) is 25.4 Å². The number of aromatic hydroxyl groups is 1. The van der Waals surface area contributed by atoms with Crippen molar-refractivity contribution in [3.63, 3.8) is 0 Å². The Morgan fingerprint density at radius 3 is 1.58 bits per heavy atom. The Balaban J connectivity index is 2.83. The number of carboxylic acid groups (broad SMARTS) is 2. The number of carbonyl (C=O) groups excluding carboxylic acids is 8. The monoisotopic (exact) mass is 807 g/mol. The van der Waals surface area contributed by atoms with E-state index in [9.17, 15) is 58.2 Å². The number of carboxylic acids is 2. The molecule has 0 fully saturated rings. The maximum atomic E-state index is 13.4. The van der Waals surface area contributed by atoms with Crippen molar-refractivity contribution in [3.8, 4) is 5.75 Å². The molecule has 22 heteroatoms. The molecule has 316 valence electrons. The molecule has 0 heterocycles. The van der Waals surface area contributed by atoms with E-state index in [0.29, 0.717) is 5.56 Å². The molecule has 14 N–H and O–H groups in total. The van der Waals surface area contributed by atoms with Crippen LogP contribution >= 0.6 is 0 Å². The molecule has 22 nitrogen and oxygen atoms in total. The Kier molecular flexibility index (Phi) is 19.6. The maximum absolute atomic E-state index is 13.4. The van der Waals surface area contributed by atoms with Crippen LogP contribution in [-0.2, 0) is 54.4 Å². The molecule has 0 saturated heterocycles. The average Bonchev–Trinajstić information content (AvgIpc) is 3.10. The van der Waals surface area contributed by atoms with Gasteiger partial charge < -0.3 is 64.0 Å². The molecule has 0 aliphatic rings. The number of benzene rings is 1. The van der Waals surface area contributed by atoms with Crippen molar-refractivity contribution in [1.29, 1.82) is 0 Å². The third-order valence-corrected chi connectivity index (χ3v) is 8.20. The molecule has 0 bridgehead atoms. The molecule has 0 aromatic heterocycles. The molecule has 8 amide bonds. The lowest BCUT2D eigenvalue weighted by atomic mass is 9.99. The molecule has 57 heavy (non-hydrogen) atoms. The number of carbonyl (C=O) groups is 10. The molecular formula is C35H53N9O13. The Labute approximate surface area is 328 Å². The van der Waals surface area contributed by atoms with Crippen LogP contribution < -0.4 is 48.7 Å². The molecule has 1 aromatic carbocycles. The summed E-state index contributed by atoms with van der Waals surface area (Å²) in [5, 5.41) is 43.9. The fraction of sp³-hybridized carbons (Fsp3) is 0.543. The number of aliphatic carboxylic acids is 2. The van der Waals surface area contributed by atoms with Crippen molar-refractivity contribution in [2.45, 2.75) is 103 Å². The lowest BCUT2D eigenvalue weighted by Gasteiger charge is -2.29. The second kappa shape index (κ2) is 22.9. The SMILES string of the molecule is CC(NC(=O)CNC(=O)C(C)NC(=O)C(N)Cc1ccc(O)cc1)C(=O)NC(C(=O)NC(C(=O)NC(CC(N)=O)C(=O)NC(CC(=O)O)C(=O)O)C(C)C)C(C)C. The van der Waals surface area contributed by atoms with Gasteiger partial charge >= 0.3 is 11.9 Å². The Hall–Kier alpha value is -6.32. The highest BCUT2D eigenvalue weighted by Gasteiger charge is 2.35. The number of phenolic OH excluding ortho intramolecular Hbond substituents is 1. The van der Waals surface area contributed by atoms with Crippen LogP contribution in [-0.4, -0.2) is 123 Å². The topological polar surface area (TPSA) is 368 Å². The summed E-state index contributed by atoms with van der Waals surface area (Å²) in [7, 11) is 0. The molecule has 0 aliphatic heterocycles. The van der Waals surface area contributed by atoms with E-state index < -0.39 is 133 Å². The number of amides is 8. The van der Waals surface area contributed by atoms with Gasteiger partial charge in [-0.3, -0.25) is 43.2 Å². The first kappa shape index (κ1) is 48.7. The number of nitrogens with one attached hydrogen (secondary N) is 7. The van der Waals surface area contributed by atoms with Gasteiger partial charge in [-0.2, -0.15) is 0 Å². The largest absolute Gasteiger partial charge is 0.508 e. The predicted molar refractivity (Wildman–Crippen MR) is 199 cm³/mol. The zero-order valence-electron chi connectivity index (χ0n) is 32.4. The first-order chi connectivity index (χ1) is 26.4. The third-order valence-electron chi connectivity index (χ3n) is 8.20. The highest BCUT2D eigenvalue weighted by molar-refractivity contribution is 5.98. The Morgan fingerprint density at radius 1 is 0.596 bits per heavy atom. The van der Waals surface area contributed by atoms with Gasteiger partial charge in [0.2, 0.25) is 47.3 Å². The molecule has 7 unspecified atom stereocenters. The van der Waals surface area contributed by atoms with Crippen LogP contribution in [0.15, 0.2) is 24.3 Å². The van der Waals surface area contributed by atoms with Gasteiger partial charge in [0.25, 0.3) is 0 Å². The van der Waals surface area contributed by atoms with Crippen molar-refractivity contribution < 1.29 is 63.3 Å². The normalized spacial score (nSPS) is 14.6. The van der Waals surface area contributed by atoms with Gasteiger partial charge in [-0.05, 0) is 49.8 Å². The van der Waals surface area contributed by atoms with Crippen LogP contribution in [0.4, 0.5) is 0 Å². The van der Waals surface area contributed by atoms with Gasteiger partial charge in [-0.1, -0.05) is 39.8 Å². The number of phenols is 1. The van der Waals surface area contributed by atoms with Gasteiger partial charge in [0, 0.05) is 0 Å². The van der Waals surface area contributed by atoms with Gasteiger partial charge in [-0.15, -0.1) is 0 Å². The summed E-state index contributed by atoms with van der Waals surface area (Å²) in [5.74, 6) is -11.5. The molecule has 1 aromatic rings. The van der Waals surface area contributed by atoms with Crippen LogP contribution in [0.1, 0.15) is 59.9 Å². The standard InChI is InChI=1S/C35H53N9O13/c1-15(2)27(33(54)41-22(12-24(37)46)32(53)42-23(35(56)57)13-26(48)49)44-34(55)28(16(3)4)43-30(51)18(6)39-25(47)14-38-29(50)17(5)40-31(52)21(36)11-19-7-9-20(45)10-8-19/h7-10,15-18,21-23,27-28,45H,11-14,36H2,1-6H3,(H2,37,46)(H,38,50)(H,39,47)(H,40,52)(H,41,54)(H,42,53)(H,43,51)(H,44,55)(H,48,49)(H,56,57). The lowest BCUT2D eigenvalue weighted by molar-refractivity contribution is -0.147. The summed E-state index contributed by atoms with van der Waals surface area (Å²) in [6.45, 7) is 8.32. The molecular weight excluding hydrogens is 754 g/mol. The summed E-state index contributed by atoms with van der Waals surface area (Å²) < 4.78 is 0. The lowest BCUT2D eigenvalue weighted by Crippen LogP contribution is -2.61. The molecule has 0 aliphatic carbocycles. The molecule has 0 spiro atoms. The minimum absolute atomic E-state index is 0.0459. The van der Waals surface area contributed by atoms with Crippen LogP contribution in [0.25, 0.3) is 0 Å². The van der Waals surface area contributed by atoms with E-state index in [1.807, 2.05) is 5.32 Å². The van der Waals surface area contributed by atoms with Gasteiger partial charge in [0.1, 0.15) is 42.0 Å². The second-order valence-electron chi connectivity index (χ2n) is 13.9. The Morgan fingerprint density at radius 2 is 1.09 bits per heavy atom. The van der Waals surface area contributed by atoms with Crippen molar-refractivity contribution in [1.82, 2.24) is 37.2 Å². The highest BCUT2D eigenvalue weighted by atomic mass is 16.4. The molecule has 0 saturated carbocycles. The number of nitrogens with two attached hydrogens (primary N) is 2. The van der Waals surface area contributed by atoms with E-state index in [4.69, 9.17) is 16.6 Å². The van der Waals surface area contributed by atoms with Crippen LogP contribution in [0.5, 0.6) is 5.75 Å². The number of hydrogen-bond acceptors (Lipinski definition) is 12. The smallest absolute Gasteiger partial charge is 0.326 e. The van der Waals surface area contributed by atoms with Gasteiger partial charge in [-0.25, -0.2) is 4.79 Å². The van der Waals surface area contributed by atoms with Crippen LogP contribution in [0.2, 0.25) is 0 Å². The van der Waals surface area contributed by atoms with Crippen molar-refractivity contribution in [2.24, 2.45) is 23.3 Å². The van der Waals surface area contributed by atoms with E-state index in [1.165, 1.54) is 39.8 Å². The van der Waals surface area contributed by atoms with Gasteiger partial charge in [0.15, 0.2) is 0 Å². The minimum atomic E-state index is -1.90. The van der Waals surface area contributed by atoms with E-state index in [2.05, 4.69) is 31.9 Å². The summed E-state index contributed by atoms with van der Waals surface area (Å²) in [6.07, 6.45) is -1.68. The molecule has 1 rings (SSSR count). The van der Waals surface area contributed by atoms with Crippen LogP contribution in [0.3, 0.4) is 0 Å². The highest BCUT2D eigenvalue weighted by Crippen LogP contribution is 2.11. The zero-order chi connectivity index (χ0) is 43.7. The minimum Gasteiger partial charge on any atom is -0.508 e. The zero-order valence-corrected chi connectivity index (χ0v) is 32.4. The summed E-state index contributed by atoms with van der Waals surface area (Å²) in [5.41, 5.74) is 11.8. The predicted octanol–water partition coefficient (Wildman–Crippen LogP) is -3.93. The number of rotatable bonds is 23. The average molecular weight is 808 g/mol. The van der Waals surface area contributed by atoms with E-state index in [-0.39, 0.29) is 12.2 Å². The Bertz CT molecular complexity index is 1650. The van der Waals surface area contributed by atoms with Crippen LogP contribution in [0, 0.1) is 11.8 Å². The summed E-state index contributed by atoms with van der Waals surface area (Å²) >= 11 is 0. The first-order valence-electron chi connectivity index (χ1n) is 17.8. The molecule has 7 atom stereocenters. The van der Waals surface area contributed by atoms with Crippen molar-refractivity contribution >= 4 is 59.2 Å². The third kappa shape index (κ3) is 17.4. The number of hydrogen-bond donors (Lipinski definition) is 12. The van der Waals surface area contributed by atoms with Crippen molar-refractivity contribution in [2.75, 3.05) is 6.54 Å². The summed E-state index contributed by atoms with van der Waals surface area (Å²) in [4.78, 5) is 124. The summed E-state index contributed by atoms with van der Waals surface area (Å²) in [6, 6.07) is -3.56. The van der Waals surface area contributed by atoms with E-state index in [1.54, 1.807) is 26.0 Å². The fourth-order valence-electron chi connectivity index (χ4n) is 4.95. The first-order valence-corrected chi connectivity index (χ1v) is 17.8. The quantitative estimate of drug-likeness (QED) is 0.0503. The number of primary amides is 1. The molecule has 0 radical (unpaired) electrons. The second-order valence-corrected chi connectivity index (χ2v) is 13.9. The van der Waals surface area contributed by atoms with E-state index >= 15 is 0 Å². The van der Waals surface area contributed by atoms with E-state index in [0.717, 1.165) is 0 Å². The van der Waals surface area contributed by atoms with Crippen molar-refractivity contribution in [3.05, 3.63) is 29.8 Å².